The predicted molar refractivity (Wildman–Crippen MR) is 39.7 cm³/mol. The van der Waals surface area contributed by atoms with Crippen LogP contribution in [0.25, 0.3) is 0 Å². The van der Waals surface area contributed by atoms with Crippen molar-refractivity contribution >= 4 is 0 Å². The van der Waals surface area contributed by atoms with Gasteiger partial charge in [0.25, 0.3) is 0 Å². The minimum absolute atomic E-state index is 0.0773. The maximum absolute atomic E-state index is 9.33. The summed E-state index contributed by atoms with van der Waals surface area (Å²) in [6, 6.07) is 0. The van der Waals surface area contributed by atoms with Crippen molar-refractivity contribution in [3.63, 3.8) is 0 Å². The van der Waals surface area contributed by atoms with Crippen LogP contribution >= 0.6 is 0 Å². The van der Waals surface area contributed by atoms with Crippen molar-refractivity contribution in [3.05, 3.63) is 0 Å². The smallest absolute Gasteiger partial charge is 0.0568 e. The zero-order valence-electron chi connectivity index (χ0n) is 6.29. The molecule has 10 heavy (non-hydrogen) atoms. The number of rotatable bonds is 5. The highest BCUT2D eigenvalue weighted by Gasteiger charge is 2.28. The fourth-order valence-corrected chi connectivity index (χ4v) is 1.18. The molecule has 0 aromatic rings. The highest BCUT2D eigenvalue weighted by molar-refractivity contribution is 4.80. The molecule has 1 rings (SSSR count). The number of aliphatic hydroxyl groups excluding tert-OH is 2. The lowest BCUT2D eigenvalue weighted by Crippen LogP contribution is -2.08. The average Bonchev–Trinajstić information content (AvgIpc) is 2.69. The second-order valence-electron chi connectivity index (χ2n) is 3.12. The third-order valence-electron chi connectivity index (χ3n) is 2.07. The van der Waals surface area contributed by atoms with E-state index in [1.54, 1.807) is 0 Å². The van der Waals surface area contributed by atoms with Crippen LogP contribution in [-0.4, -0.2) is 22.9 Å². The molecule has 1 fully saturated rings. The SMILES string of the molecule is OCCCCC(O)C1CC1. The standard InChI is InChI=1S/C8H16O2/c9-6-2-1-3-8(10)7-4-5-7/h7-10H,1-6H2. The quantitative estimate of drug-likeness (QED) is 0.563. The largest absolute Gasteiger partial charge is 0.396 e. The Hall–Kier alpha value is -0.0800. The van der Waals surface area contributed by atoms with Crippen LogP contribution in [-0.2, 0) is 0 Å². The Labute approximate surface area is 61.9 Å². The van der Waals surface area contributed by atoms with Gasteiger partial charge >= 0.3 is 0 Å². The van der Waals surface area contributed by atoms with E-state index in [9.17, 15) is 5.11 Å². The lowest BCUT2D eigenvalue weighted by atomic mass is 10.1. The summed E-state index contributed by atoms with van der Waals surface area (Å²) in [7, 11) is 0. The molecule has 0 bridgehead atoms. The predicted octanol–water partition coefficient (Wildman–Crippen LogP) is 0.920. The van der Waals surface area contributed by atoms with Crippen molar-refractivity contribution in [1.82, 2.24) is 0 Å². The Balaban J connectivity index is 1.90. The van der Waals surface area contributed by atoms with Crippen molar-refractivity contribution in [1.29, 1.82) is 0 Å². The van der Waals surface area contributed by atoms with Gasteiger partial charge in [-0.15, -0.1) is 0 Å². The lowest BCUT2D eigenvalue weighted by Gasteiger charge is -2.06. The molecular weight excluding hydrogens is 128 g/mol. The fraction of sp³-hybridized carbons (Fsp3) is 1.00. The molecule has 0 aromatic heterocycles. The van der Waals surface area contributed by atoms with E-state index in [4.69, 9.17) is 5.11 Å². The molecule has 0 aliphatic heterocycles. The molecule has 1 aliphatic carbocycles. The highest BCUT2D eigenvalue weighted by atomic mass is 16.3. The molecular formula is C8H16O2. The molecule has 60 valence electrons. The van der Waals surface area contributed by atoms with Gasteiger partial charge in [0.1, 0.15) is 0 Å². The molecule has 1 unspecified atom stereocenters. The van der Waals surface area contributed by atoms with E-state index in [0.717, 1.165) is 19.3 Å². The van der Waals surface area contributed by atoms with Gasteiger partial charge in [0.2, 0.25) is 0 Å². The van der Waals surface area contributed by atoms with Gasteiger partial charge in [-0.05, 0) is 38.0 Å². The molecule has 0 radical (unpaired) electrons. The lowest BCUT2D eigenvalue weighted by molar-refractivity contribution is 0.135. The van der Waals surface area contributed by atoms with E-state index in [1.807, 2.05) is 0 Å². The zero-order valence-corrected chi connectivity index (χ0v) is 6.29. The van der Waals surface area contributed by atoms with Gasteiger partial charge in [-0.1, -0.05) is 0 Å². The first-order valence-electron chi connectivity index (χ1n) is 4.13. The molecule has 2 nitrogen and oxygen atoms in total. The number of hydrogen-bond donors (Lipinski definition) is 2. The first-order chi connectivity index (χ1) is 4.84. The Kier molecular flexibility index (Phi) is 3.16. The maximum atomic E-state index is 9.33. The summed E-state index contributed by atoms with van der Waals surface area (Å²) in [4.78, 5) is 0. The third kappa shape index (κ3) is 2.67. The first-order valence-corrected chi connectivity index (χ1v) is 4.13. The van der Waals surface area contributed by atoms with Gasteiger partial charge < -0.3 is 10.2 Å². The van der Waals surface area contributed by atoms with E-state index in [-0.39, 0.29) is 12.7 Å². The molecule has 0 aromatic carbocycles. The second-order valence-corrected chi connectivity index (χ2v) is 3.12. The van der Waals surface area contributed by atoms with Gasteiger partial charge in [-0.2, -0.15) is 0 Å². The van der Waals surface area contributed by atoms with Crippen LogP contribution < -0.4 is 0 Å². The fourth-order valence-electron chi connectivity index (χ4n) is 1.18. The maximum Gasteiger partial charge on any atom is 0.0568 e. The topological polar surface area (TPSA) is 40.5 Å². The van der Waals surface area contributed by atoms with Crippen molar-refractivity contribution in [2.45, 2.75) is 38.2 Å². The summed E-state index contributed by atoms with van der Waals surface area (Å²) in [5.41, 5.74) is 0. The summed E-state index contributed by atoms with van der Waals surface area (Å²) in [6.07, 6.45) is 5.02. The Morgan fingerprint density at radius 1 is 1.30 bits per heavy atom. The second kappa shape index (κ2) is 3.94. The van der Waals surface area contributed by atoms with Gasteiger partial charge in [-0.25, -0.2) is 0 Å². The van der Waals surface area contributed by atoms with Crippen molar-refractivity contribution in [3.8, 4) is 0 Å². The third-order valence-corrected chi connectivity index (χ3v) is 2.07. The molecule has 1 atom stereocenters. The van der Waals surface area contributed by atoms with Crippen LogP contribution in [0.3, 0.4) is 0 Å². The van der Waals surface area contributed by atoms with Gasteiger partial charge in [0.15, 0.2) is 0 Å². The minimum atomic E-state index is -0.0773. The number of unbranched alkanes of at least 4 members (excludes halogenated alkanes) is 1. The minimum Gasteiger partial charge on any atom is -0.396 e. The molecule has 0 spiro atoms. The zero-order chi connectivity index (χ0) is 7.40. The van der Waals surface area contributed by atoms with Crippen LogP contribution in [0.4, 0.5) is 0 Å². The molecule has 0 heterocycles. The summed E-state index contributed by atoms with van der Waals surface area (Å²) in [5, 5.41) is 17.8. The molecule has 1 saturated carbocycles. The van der Waals surface area contributed by atoms with Crippen LogP contribution in [0.1, 0.15) is 32.1 Å². The normalized spacial score (nSPS) is 21.0. The number of hydrogen-bond acceptors (Lipinski definition) is 2. The van der Waals surface area contributed by atoms with E-state index in [2.05, 4.69) is 0 Å². The van der Waals surface area contributed by atoms with E-state index >= 15 is 0 Å². The van der Waals surface area contributed by atoms with Gasteiger partial charge in [0, 0.05) is 6.61 Å². The average molecular weight is 144 g/mol. The van der Waals surface area contributed by atoms with E-state index in [0.29, 0.717) is 5.92 Å². The summed E-state index contributed by atoms with van der Waals surface area (Å²) in [6.45, 7) is 0.261. The van der Waals surface area contributed by atoms with E-state index < -0.39 is 0 Å². The van der Waals surface area contributed by atoms with Crippen molar-refractivity contribution in [2.75, 3.05) is 6.61 Å². The number of aliphatic hydroxyl groups is 2. The Bertz CT molecular complexity index is 89.3. The van der Waals surface area contributed by atoms with Crippen LogP contribution in [0.2, 0.25) is 0 Å². The van der Waals surface area contributed by atoms with Crippen LogP contribution in [0.5, 0.6) is 0 Å². The van der Waals surface area contributed by atoms with Crippen LogP contribution in [0.15, 0.2) is 0 Å². The summed E-state index contributed by atoms with van der Waals surface area (Å²) >= 11 is 0. The van der Waals surface area contributed by atoms with E-state index in [1.165, 1.54) is 12.8 Å². The van der Waals surface area contributed by atoms with Crippen molar-refractivity contribution in [2.24, 2.45) is 5.92 Å². The van der Waals surface area contributed by atoms with Gasteiger partial charge in [-0.3, -0.25) is 0 Å². The molecule has 2 N–H and O–H groups in total. The summed E-state index contributed by atoms with van der Waals surface area (Å²) < 4.78 is 0. The monoisotopic (exact) mass is 144 g/mol. The van der Waals surface area contributed by atoms with Crippen molar-refractivity contribution < 1.29 is 10.2 Å². The molecule has 2 heteroatoms. The first kappa shape index (κ1) is 8.02. The Morgan fingerprint density at radius 3 is 2.50 bits per heavy atom. The van der Waals surface area contributed by atoms with Gasteiger partial charge in [0.05, 0.1) is 6.10 Å². The molecule has 0 amide bonds. The summed E-state index contributed by atoms with van der Waals surface area (Å²) in [5.74, 6) is 0.596. The molecule has 0 saturated heterocycles. The Morgan fingerprint density at radius 2 is 2.00 bits per heavy atom. The highest BCUT2D eigenvalue weighted by Crippen LogP contribution is 2.34. The molecule has 1 aliphatic rings. The van der Waals surface area contributed by atoms with Crippen LogP contribution in [0, 0.1) is 5.92 Å².